The summed E-state index contributed by atoms with van der Waals surface area (Å²) in [5.41, 5.74) is 0.511. The van der Waals surface area contributed by atoms with E-state index in [1.807, 2.05) is 0 Å². The van der Waals surface area contributed by atoms with E-state index in [1.165, 1.54) is 6.20 Å². The molecule has 0 aliphatic carbocycles. The highest BCUT2D eigenvalue weighted by atomic mass is 79.9. The van der Waals surface area contributed by atoms with Crippen LogP contribution in [-0.2, 0) is 11.5 Å². The zero-order valence-electron chi connectivity index (χ0n) is 9.80. The van der Waals surface area contributed by atoms with Crippen molar-refractivity contribution in [1.82, 2.24) is 9.78 Å². The molecule has 1 aromatic carbocycles. The zero-order valence-corrected chi connectivity index (χ0v) is 13.0. The fourth-order valence-corrected chi connectivity index (χ4v) is 2.71. The SMILES string of the molecule is Cc1cc(Br)ccc1-n1ncc(CBr)c1C(F)(F)F. The van der Waals surface area contributed by atoms with E-state index >= 15 is 0 Å². The highest BCUT2D eigenvalue weighted by molar-refractivity contribution is 9.10. The normalized spacial score (nSPS) is 11.9. The van der Waals surface area contributed by atoms with Crippen LogP contribution in [0.1, 0.15) is 16.8 Å². The van der Waals surface area contributed by atoms with Crippen LogP contribution in [0, 0.1) is 6.92 Å². The first-order chi connectivity index (χ1) is 8.84. The summed E-state index contributed by atoms with van der Waals surface area (Å²) in [5.74, 6) is 0. The van der Waals surface area contributed by atoms with Crippen LogP contribution in [0.3, 0.4) is 0 Å². The lowest BCUT2D eigenvalue weighted by atomic mass is 10.2. The molecule has 0 aliphatic heterocycles. The number of aromatic nitrogens is 2. The van der Waals surface area contributed by atoms with Gasteiger partial charge in [-0.25, -0.2) is 4.68 Å². The summed E-state index contributed by atoms with van der Waals surface area (Å²) in [7, 11) is 0. The van der Waals surface area contributed by atoms with Crippen molar-refractivity contribution in [3.05, 3.63) is 45.7 Å². The zero-order chi connectivity index (χ0) is 14.2. The van der Waals surface area contributed by atoms with Crippen LogP contribution >= 0.6 is 31.9 Å². The maximum absolute atomic E-state index is 13.1. The Bertz CT molecular complexity index is 606. The lowest BCUT2D eigenvalue weighted by molar-refractivity contribution is -0.143. The van der Waals surface area contributed by atoms with E-state index in [0.717, 1.165) is 9.15 Å². The van der Waals surface area contributed by atoms with E-state index in [1.54, 1.807) is 25.1 Å². The monoisotopic (exact) mass is 396 g/mol. The molecule has 0 fully saturated rings. The number of aryl methyl sites for hydroxylation is 1. The standard InChI is InChI=1S/C12H9Br2F3N2/c1-7-4-9(14)2-3-10(7)19-11(12(15,16)17)8(5-13)6-18-19/h2-4,6H,5H2,1H3. The third kappa shape index (κ3) is 2.86. The number of benzene rings is 1. The van der Waals surface area contributed by atoms with Gasteiger partial charge >= 0.3 is 6.18 Å². The second kappa shape index (κ2) is 5.28. The van der Waals surface area contributed by atoms with Crippen molar-refractivity contribution in [3.8, 4) is 5.69 Å². The first-order valence-corrected chi connectivity index (χ1v) is 7.22. The van der Waals surface area contributed by atoms with Crippen molar-refractivity contribution < 1.29 is 13.2 Å². The number of hydrogen-bond acceptors (Lipinski definition) is 1. The van der Waals surface area contributed by atoms with Crippen LogP contribution in [0.4, 0.5) is 13.2 Å². The molecule has 0 aliphatic rings. The summed E-state index contributed by atoms with van der Waals surface area (Å²) in [6.07, 6.45) is -3.21. The Morgan fingerprint density at radius 1 is 1.32 bits per heavy atom. The first-order valence-electron chi connectivity index (χ1n) is 5.31. The van der Waals surface area contributed by atoms with Gasteiger partial charge in [0.1, 0.15) is 0 Å². The van der Waals surface area contributed by atoms with Gasteiger partial charge in [-0.2, -0.15) is 18.3 Å². The van der Waals surface area contributed by atoms with Gasteiger partial charge in [-0.15, -0.1) is 0 Å². The molecular formula is C12H9Br2F3N2. The Kier molecular flexibility index (Phi) is 4.06. The minimum absolute atomic E-state index is 0.109. The smallest absolute Gasteiger partial charge is 0.228 e. The Morgan fingerprint density at radius 3 is 2.53 bits per heavy atom. The van der Waals surface area contributed by atoms with Crippen molar-refractivity contribution in [3.63, 3.8) is 0 Å². The van der Waals surface area contributed by atoms with Gasteiger partial charge < -0.3 is 0 Å². The minimum Gasteiger partial charge on any atom is -0.228 e. The van der Waals surface area contributed by atoms with E-state index in [2.05, 4.69) is 37.0 Å². The van der Waals surface area contributed by atoms with Crippen LogP contribution in [-0.4, -0.2) is 9.78 Å². The molecule has 0 bridgehead atoms. The predicted octanol–water partition coefficient (Wildman–Crippen LogP) is 4.86. The van der Waals surface area contributed by atoms with Gasteiger partial charge in [0.25, 0.3) is 0 Å². The molecule has 0 saturated carbocycles. The summed E-state index contributed by atoms with van der Waals surface area (Å²) >= 11 is 6.34. The maximum Gasteiger partial charge on any atom is 0.433 e. The van der Waals surface area contributed by atoms with Gasteiger partial charge in [0.2, 0.25) is 0 Å². The molecule has 0 radical (unpaired) electrons. The Morgan fingerprint density at radius 2 is 2.00 bits per heavy atom. The molecule has 102 valence electrons. The van der Waals surface area contributed by atoms with Crippen molar-refractivity contribution in [2.45, 2.75) is 18.4 Å². The molecule has 0 amide bonds. The molecule has 0 N–H and O–H groups in total. The Balaban J connectivity index is 2.66. The quantitative estimate of drug-likeness (QED) is 0.662. The fraction of sp³-hybridized carbons (Fsp3) is 0.250. The predicted molar refractivity (Wildman–Crippen MR) is 73.6 cm³/mol. The molecular weight excluding hydrogens is 389 g/mol. The molecule has 2 rings (SSSR count). The summed E-state index contributed by atoms with van der Waals surface area (Å²) in [6, 6.07) is 5.06. The number of nitrogens with zero attached hydrogens (tertiary/aromatic N) is 2. The topological polar surface area (TPSA) is 17.8 Å². The summed E-state index contributed by atoms with van der Waals surface area (Å²) in [5, 5.41) is 3.97. The maximum atomic E-state index is 13.1. The summed E-state index contributed by atoms with van der Waals surface area (Å²) in [6.45, 7) is 1.75. The molecule has 0 unspecified atom stereocenters. The van der Waals surface area contributed by atoms with Crippen molar-refractivity contribution in [2.24, 2.45) is 0 Å². The average molecular weight is 398 g/mol. The van der Waals surface area contributed by atoms with E-state index in [4.69, 9.17) is 0 Å². The average Bonchev–Trinajstić information content (AvgIpc) is 2.72. The van der Waals surface area contributed by atoms with Crippen LogP contribution < -0.4 is 0 Å². The molecule has 1 aromatic heterocycles. The molecule has 19 heavy (non-hydrogen) atoms. The van der Waals surface area contributed by atoms with Gasteiger partial charge in [0.15, 0.2) is 5.69 Å². The highest BCUT2D eigenvalue weighted by Gasteiger charge is 2.38. The van der Waals surface area contributed by atoms with E-state index in [-0.39, 0.29) is 10.9 Å². The lowest BCUT2D eigenvalue weighted by Crippen LogP contribution is -2.15. The third-order valence-corrected chi connectivity index (χ3v) is 3.74. The second-order valence-corrected chi connectivity index (χ2v) is 5.47. The highest BCUT2D eigenvalue weighted by Crippen LogP contribution is 2.35. The van der Waals surface area contributed by atoms with Crippen molar-refractivity contribution in [2.75, 3.05) is 0 Å². The van der Waals surface area contributed by atoms with E-state index < -0.39 is 11.9 Å². The van der Waals surface area contributed by atoms with Gasteiger partial charge in [-0.3, -0.25) is 0 Å². The molecule has 0 saturated heterocycles. The van der Waals surface area contributed by atoms with Crippen LogP contribution in [0.15, 0.2) is 28.9 Å². The van der Waals surface area contributed by atoms with Crippen LogP contribution in [0.25, 0.3) is 5.69 Å². The third-order valence-electron chi connectivity index (χ3n) is 2.64. The molecule has 7 heteroatoms. The van der Waals surface area contributed by atoms with Crippen LogP contribution in [0.5, 0.6) is 0 Å². The summed E-state index contributed by atoms with van der Waals surface area (Å²) < 4.78 is 41.2. The molecule has 0 spiro atoms. The van der Waals surface area contributed by atoms with Gasteiger partial charge in [0, 0.05) is 15.4 Å². The van der Waals surface area contributed by atoms with E-state index in [9.17, 15) is 13.2 Å². The van der Waals surface area contributed by atoms with Gasteiger partial charge in [0.05, 0.1) is 11.9 Å². The Labute approximate surface area is 124 Å². The van der Waals surface area contributed by atoms with Crippen LogP contribution in [0.2, 0.25) is 0 Å². The molecule has 2 aromatic rings. The number of halogens is 5. The number of alkyl halides is 4. The van der Waals surface area contributed by atoms with Gasteiger partial charge in [-0.1, -0.05) is 31.9 Å². The van der Waals surface area contributed by atoms with Crippen molar-refractivity contribution in [1.29, 1.82) is 0 Å². The summed E-state index contributed by atoms with van der Waals surface area (Å²) in [4.78, 5) is 0. The molecule has 0 atom stereocenters. The minimum atomic E-state index is -4.45. The largest absolute Gasteiger partial charge is 0.433 e. The first kappa shape index (κ1) is 14.6. The Hall–Kier alpha value is -0.820. The van der Waals surface area contributed by atoms with Gasteiger partial charge in [-0.05, 0) is 30.7 Å². The number of rotatable bonds is 2. The lowest BCUT2D eigenvalue weighted by Gasteiger charge is -2.14. The fourth-order valence-electron chi connectivity index (χ4n) is 1.82. The molecule has 2 nitrogen and oxygen atoms in total. The van der Waals surface area contributed by atoms with E-state index in [0.29, 0.717) is 11.3 Å². The number of hydrogen-bond donors (Lipinski definition) is 0. The molecule has 1 heterocycles. The van der Waals surface area contributed by atoms with Crippen molar-refractivity contribution >= 4 is 31.9 Å². The second-order valence-electron chi connectivity index (χ2n) is 3.99.